The van der Waals surface area contributed by atoms with Gasteiger partial charge in [-0.25, -0.2) is 27.5 Å². The molecular weight excluding hydrogens is 546 g/mol. The van der Waals surface area contributed by atoms with Gasteiger partial charge < -0.3 is 16.0 Å². The van der Waals surface area contributed by atoms with Crippen LogP contribution in [0.3, 0.4) is 0 Å². The van der Waals surface area contributed by atoms with Crippen LogP contribution in [0, 0.1) is 11.7 Å². The normalized spacial score (nSPS) is 26.6. The molecule has 0 aliphatic carbocycles. The predicted octanol–water partition coefficient (Wildman–Crippen LogP) is 4.78. The zero-order valence-electron chi connectivity index (χ0n) is 20.4. The zero-order valence-corrected chi connectivity index (χ0v) is 21.9. The molecule has 4 rings (SSSR count). The molecule has 0 unspecified atom stereocenters. The van der Waals surface area contributed by atoms with Gasteiger partial charge in [-0.1, -0.05) is 36.4 Å². The van der Waals surface area contributed by atoms with E-state index < -0.39 is 59.5 Å². The van der Waals surface area contributed by atoms with E-state index in [-0.39, 0.29) is 22.1 Å². The lowest BCUT2D eigenvalue weighted by Gasteiger charge is -2.46. The van der Waals surface area contributed by atoms with Crippen LogP contribution in [0.4, 0.5) is 23.2 Å². The number of benzene rings is 1. The van der Waals surface area contributed by atoms with Crippen LogP contribution in [-0.2, 0) is 10.3 Å². The lowest BCUT2D eigenvalue weighted by atomic mass is 9.73. The van der Waals surface area contributed by atoms with Gasteiger partial charge in [0.1, 0.15) is 23.7 Å². The molecule has 7 nitrogen and oxygen atoms in total. The Balaban J connectivity index is 1.64. The summed E-state index contributed by atoms with van der Waals surface area (Å²) >= 11 is 6.86. The first-order chi connectivity index (χ1) is 17.8. The topological polar surface area (TPSA) is 101 Å². The van der Waals surface area contributed by atoms with Crippen molar-refractivity contribution in [3.63, 3.8) is 0 Å². The maximum Gasteiger partial charge on any atom is 0.282 e. The summed E-state index contributed by atoms with van der Waals surface area (Å²) in [6.07, 6.45) is 3.91. The summed E-state index contributed by atoms with van der Waals surface area (Å²) < 4.78 is 55.4. The summed E-state index contributed by atoms with van der Waals surface area (Å²) in [5.74, 6) is -5.67. The van der Waals surface area contributed by atoms with Crippen LogP contribution in [0.15, 0.2) is 53.7 Å². The van der Waals surface area contributed by atoms with Gasteiger partial charge in [-0.2, -0.15) is 0 Å². The molecular formula is C25H24ClF4N5O2S. The number of likely N-dealkylation sites (tertiary alicyclic amines) is 1. The van der Waals surface area contributed by atoms with Gasteiger partial charge >= 0.3 is 0 Å². The number of amides is 2. The smallest absolute Gasteiger partial charge is 0.282 e. The van der Waals surface area contributed by atoms with Crippen molar-refractivity contribution in [3.05, 3.63) is 70.8 Å². The van der Waals surface area contributed by atoms with Crippen molar-refractivity contribution in [2.75, 3.05) is 25.1 Å². The van der Waals surface area contributed by atoms with Gasteiger partial charge in [0, 0.05) is 34.2 Å². The number of anilines is 1. The van der Waals surface area contributed by atoms with Gasteiger partial charge in [0.15, 0.2) is 5.17 Å². The molecule has 1 aromatic heterocycles. The largest absolute Gasteiger partial charge is 0.378 e. The van der Waals surface area contributed by atoms with E-state index >= 15 is 4.39 Å². The first-order valence-corrected chi connectivity index (χ1v) is 12.7. The van der Waals surface area contributed by atoms with Crippen molar-refractivity contribution in [2.45, 2.75) is 30.1 Å². The highest BCUT2D eigenvalue weighted by atomic mass is 35.5. The number of alkyl halides is 3. The van der Waals surface area contributed by atoms with Crippen LogP contribution in [0.1, 0.15) is 29.9 Å². The van der Waals surface area contributed by atoms with Crippen molar-refractivity contribution >= 4 is 46.0 Å². The molecule has 2 aromatic rings. The zero-order chi connectivity index (χ0) is 27.9. The number of hydrogen-bond acceptors (Lipinski definition) is 6. The quantitative estimate of drug-likeness (QED) is 0.385. The number of pyridine rings is 1. The van der Waals surface area contributed by atoms with Crippen LogP contribution in [0.5, 0.6) is 0 Å². The second-order valence-electron chi connectivity index (χ2n) is 9.41. The van der Waals surface area contributed by atoms with E-state index in [1.165, 1.54) is 36.5 Å². The van der Waals surface area contributed by atoms with E-state index in [0.717, 1.165) is 28.8 Å². The Morgan fingerprint density at radius 3 is 2.61 bits per heavy atom. The number of nitrogens with two attached hydrogens (primary N) is 1. The molecule has 0 saturated carbocycles. The fourth-order valence-corrected chi connectivity index (χ4v) is 5.72. The third-order valence-corrected chi connectivity index (χ3v) is 8.23. The van der Waals surface area contributed by atoms with E-state index in [2.05, 4.69) is 15.3 Å². The molecule has 1 fully saturated rings. The minimum Gasteiger partial charge on any atom is -0.378 e. The Labute approximate surface area is 225 Å². The highest BCUT2D eigenvalue weighted by Gasteiger charge is 2.52. The average Bonchev–Trinajstić information content (AvgIpc) is 2.85. The molecule has 2 amide bonds. The SMILES string of the molecule is C[C@@H]1[C@@](C)(/C=C/C(=O)N2CC(F)(F)C2)SC(N)=N[C@]1(CF)c1cc(NC(=O)c2ccc(Cl)cn2)ccc1F. The molecule has 13 heteroatoms. The average molecular weight is 570 g/mol. The Hall–Kier alpha value is -3.12. The molecule has 3 heterocycles. The maximum atomic E-state index is 15.2. The first-order valence-electron chi connectivity index (χ1n) is 11.5. The summed E-state index contributed by atoms with van der Waals surface area (Å²) in [4.78, 5) is 34.2. The van der Waals surface area contributed by atoms with Crippen LogP contribution in [-0.4, -0.2) is 57.3 Å². The highest BCUT2D eigenvalue weighted by molar-refractivity contribution is 8.15. The summed E-state index contributed by atoms with van der Waals surface area (Å²) in [5.41, 5.74) is 4.35. The molecule has 38 heavy (non-hydrogen) atoms. The number of rotatable bonds is 6. The van der Waals surface area contributed by atoms with Crippen molar-refractivity contribution < 1.29 is 27.2 Å². The van der Waals surface area contributed by atoms with Crippen LogP contribution >= 0.6 is 23.4 Å². The summed E-state index contributed by atoms with van der Waals surface area (Å²) in [6, 6.07) is 6.58. The molecule has 3 atom stereocenters. The Kier molecular flexibility index (Phi) is 7.50. The van der Waals surface area contributed by atoms with Crippen LogP contribution in [0.25, 0.3) is 0 Å². The summed E-state index contributed by atoms with van der Waals surface area (Å²) in [5, 5.41) is 2.90. The number of thioether (sulfide) groups is 1. The lowest BCUT2D eigenvalue weighted by Crippen LogP contribution is -2.58. The molecule has 0 spiro atoms. The maximum absolute atomic E-state index is 15.2. The van der Waals surface area contributed by atoms with E-state index in [9.17, 15) is 22.8 Å². The van der Waals surface area contributed by atoms with Crippen LogP contribution < -0.4 is 11.1 Å². The van der Waals surface area contributed by atoms with Crippen molar-refractivity contribution in [1.82, 2.24) is 9.88 Å². The second-order valence-corrected chi connectivity index (χ2v) is 11.3. The second kappa shape index (κ2) is 10.2. The van der Waals surface area contributed by atoms with Gasteiger partial charge in [-0.05, 0) is 37.3 Å². The number of carbonyl (C=O) groups excluding carboxylic acids is 2. The van der Waals surface area contributed by atoms with Gasteiger partial charge in [-0.15, -0.1) is 0 Å². The van der Waals surface area contributed by atoms with E-state index in [1.807, 2.05) is 0 Å². The Morgan fingerprint density at radius 1 is 1.29 bits per heavy atom. The fourth-order valence-electron chi connectivity index (χ4n) is 4.44. The predicted molar refractivity (Wildman–Crippen MR) is 139 cm³/mol. The number of nitrogens with zero attached hydrogens (tertiary/aromatic N) is 3. The van der Waals surface area contributed by atoms with Gasteiger partial charge in [-0.3, -0.25) is 9.59 Å². The first kappa shape index (κ1) is 27.9. The molecule has 2 aliphatic rings. The van der Waals surface area contributed by atoms with Gasteiger partial charge in [0.05, 0.1) is 18.1 Å². The number of carbonyl (C=O) groups is 2. The number of amidine groups is 1. The number of halogens is 5. The molecule has 0 radical (unpaired) electrons. The summed E-state index contributed by atoms with van der Waals surface area (Å²) in [6.45, 7) is 0.819. The Bertz CT molecular complexity index is 1320. The number of nitrogens with one attached hydrogen (secondary N) is 1. The molecule has 202 valence electrons. The fraction of sp³-hybridized carbons (Fsp3) is 0.360. The molecule has 0 bridgehead atoms. The molecule has 2 aliphatic heterocycles. The monoisotopic (exact) mass is 569 g/mol. The minimum atomic E-state index is -2.91. The van der Waals surface area contributed by atoms with Crippen LogP contribution in [0.2, 0.25) is 5.02 Å². The van der Waals surface area contributed by atoms with E-state index in [1.54, 1.807) is 13.8 Å². The van der Waals surface area contributed by atoms with E-state index in [4.69, 9.17) is 17.3 Å². The minimum absolute atomic E-state index is 0.0463. The van der Waals surface area contributed by atoms with Gasteiger partial charge in [0.2, 0.25) is 5.91 Å². The molecule has 3 N–H and O–H groups in total. The summed E-state index contributed by atoms with van der Waals surface area (Å²) in [7, 11) is 0. The van der Waals surface area contributed by atoms with E-state index in [0.29, 0.717) is 5.02 Å². The third-order valence-electron chi connectivity index (χ3n) is 6.78. The molecule has 1 saturated heterocycles. The third kappa shape index (κ3) is 5.37. The lowest BCUT2D eigenvalue weighted by molar-refractivity contribution is -0.160. The van der Waals surface area contributed by atoms with Crippen molar-refractivity contribution in [1.29, 1.82) is 0 Å². The van der Waals surface area contributed by atoms with Crippen molar-refractivity contribution in [3.8, 4) is 0 Å². The highest BCUT2D eigenvalue weighted by Crippen LogP contribution is 2.51. The Morgan fingerprint density at radius 2 is 2.00 bits per heavy atom. The van der Waals surface area contributed by atoms with Crippen molar-refractivity contribution in [2.24, 2.45) is 16.6 Å². The number of hydrogen-bond donors (Lipinski definition) is 2. The van der Waals surface area contributed by atoms with Gasteiger partial charge in [0.25, 0.3) is 11.8 Å². The standard InChI is InChI=1S/C25H24ClF4N5O2S/c1-14-23(2,8-7-20(36)35-12-24(29,30)13-35)38-22(31)34-25(14,11-27)17-9-16(4-5-18(17)28)33-21(37)19-6-3-15(26)10-32-19/h3-10,14H,11-13H2,1-2H3,(H2,31,34)(H,33,37)/b8-7+/t14-,23-,25+/m1/s1. The number of aromatic nitrogens is 1. The number of aliphatic imine (C=N–C) groups is 1. The molecule has 1 aromatic carbocycles.